The molecule has 2 aromatic rings. The number of nitrogens with zero attached hydrogens (tertiary/aromatic N) is 3. The molecular weight excluding hydrogens is 452 g/mol. The van der Waals surface area contributed by atoms with Gasteiger partial charge in [0.25, 0.3) is 0 Å². The summed E-state index contributed by atoms with van der Waals surface area (Å²) in [5, 5.41) is 3.57. The lowest BCUT2D eigenvalue weighted by Gasteiger charge is -2.39. The molecule has 7 nitrogen and oxygen atoms in total. The second-order valence-corrected chi connectivity index (χ2v) is 10.8. The molecule has 1 aliphatic carbocycles. The highest BCUT2D eigenvalue weighted by Crippen LogP contribution is 2.43. The van der Waals surface area contributed by atoms with Crippen molar-refractivity contribution in [1.82, 2.24) is 4.90 Å². The van der Waals surface area contributed by atoms with Crippen LogP contribution in [0, 0.1) is 5.41 Å². The molecule has 3 aliphatic rings. The van der Waals surface area contributed by atoms with Gasteiger partial charge < -0.3 is 24.8 Å². The molecule has 2 heterocycles. The number of piperazine rings is 1. The maximum absolute atomic E-state index is 13.5. The molecule has 2 aliphatic heterocycles. The number of carbonyl (C=O) groups excluding carboxylic acids is 2. The minimum absolute atomic E-state index is 0.0773. The summed E-state index contributed by atoms with van der Waals surface area (Å²) in [6, 6.07) is 16.0. The summed E-state index contributed by atoms with van der Waals surface area (Å²) in [6.07, 6.45) is 1.35. The number of nitrogens with one attached hydrogen (secondary N) is 1. The van der Waals surface area contributed by atoms with E-state index in [0.717, 1.165) is 53.6 Å². The molecule has 1 amide bonds. The highest BCUT2D eigenvalue weighted by molar-refractivity contribution is 6.01. The first-order valence-electron chi connectivity index (χ1n) is 12.8. The lowest BCUT2D eigenvalue weighted by atomic mass is 9.74. The minimum atomic E-state index is -0.177. The van der Waals surface area contributed by atoms with Crippen LogP contribution in [-0.2, 0) is 9.59 Å². The standard InChI is InChI=1S/C29H36N4O3/c1-20-28-24(17-29(2,3)18-26(28)34)30-23-7-5-6-8-25(23)33(20)19-27(35)32-15-13-31(14-16-32)21-9-11-22(36-4)12-10-21/h5-12,20,30H,13-19H2,1-4H3. The maximum Gasteiger partial charge on any atom is 0.242 e. The molecule has 0 bridgehead atoms. The number of fused-ring (bicyclic) bond motifs is 1. The fraction of sp³-hybridized carbons (Fsp3) is 0.448. The Morgan fingerprint density at radius 3 is 2.42 bits per heavy atom. The van der Waals surface area contributed by atoms with E-state index in [0.29, 0.717) is 19.5 Å². The van der Waals surface area contributed by atoms with Crippen molar-refractivity contribution in [1.29, 1.82) is 0 Å². The molecule has 2 aromatic carbocycles. The van der Waals surface area contributed by atoms with Gasteiger partial charge in [0.2, 0.25) is 5.91 Å². The van der Waals surface area contributed by atoms with Crippen molar-refractivity contribution in [3.8, 4) is 5.75 Å². The quantitative estimate of drug-likeness (QED) is 0.692. The van der Waals surface area contributed by atoms with Crippen molar-refractivity contribution in [3.05, 3.63) is 59.8 Å². The fourth-order valence-electron chi connectivity index (χ4n) is 5.76. The van der Waals surface area contributed by atoms with Crippen LogP contribution in [-0.4, -0.2) is 62.5 Å². The number of ketones is 1. The third-order valence-electron chi connectivity index (χ3n) is 7.68. The lowest BCUT2D eigenvalue weighted by molar-refractivity contribution is -0.130. The zero-order valence-electron chi connectivity index (χ0n) is 21.7. The molecule has 5 rings (SSSR count). The summed E-state index contributed by atoms with van der Waals surface area (Å²) in [5.74, 6) is 1.12. The van der Waals surface area contributed by atoms with Gasteiger partial charge in [0.1, 0.15) is 5.75 Å². The summed E-state index contributed by atoms with van der Waals surface area (Å²) >= 11 is 0. The van der Waals surface area contributed by atoms with E-state index in [4.69, 9.17) is 4.74 Å². The van der Waals surface area contributed by atoms with Crippen LogP contribution in [0.2, 0.25) is 0 Å². The van der Waals surface area contributed by atoms with Gasteiger partial charge in [0.05, 0.1) is 31.1 Å². The van der Waals surface area contributed by atoms with E-state index in [2.05, 4.69) is 48.0 Å². The van der Waals surface area contributed by atoms with E-state index in [1.54, 1.807) is 7.11 Å². The first-order valence-corrected chi connectivity index (χ1v) is 12.8. The minimum Gasteiger partial charge on any atom is -0.497 e. The molecule has 0 aromatic heterocycles. The summed E-state index contributed by atoms with van der Waals surface area (Å²) in [5.41, 5.74) is 4.81. The van der Waals surface area contributed by atoms with Crippen LogP contribution in [0.5, 0.6) is 5.75 Å². The Kier molecular flexibility index (Phi) is 6.41. The van der Waals surface area contributed by atoms with Gasteiger partial charge >= 0.3 is 0 Å². The Morgan fingerprint density at radius 1 is 1.03 bits per heavy atom. The van der Waals surface area contributed by atoms with Gasteiger partial charge in [0.15, 0.2) is 5.78 Å². The number of amides is 1. The Labute approximate surface area is 213 Å². The van der Waals surface area contributed by atoms with Crippen LogP contribution in [0.15, 0.2) is 59.8 Å². The average molecular weight is 489 g/mol. The number of rotatable bonds is 4. The van der Waals surface area contributed by atoms with E-state index in [1.807, 2.05) is 41.3 Å². The van der Waals surface area contributed by atoms with Gasteiger partial charge in [-0.15, -0.1) is 0 Å². The fourth-order valence-corrected chi connectivity index (χ4v) is 5.76. The van der Waals surface area contributed by atoms with Gasteiger partial charge in [-0.1, -0.05) is 26.0 Å². The van der Waals surface area contributed by atoms with Crippen LogP contribution in [0.4, 0.5) is 17.1 Å². The second kappa shape index (κ2) is 9.52. The second-order valence-electron chi connectivity index (χ2n) is 10.8. The number of hydrogen-bond acceptors (Lipinski definition) is 6. The van der Waals surface area contributed by atoms with E-state index in [-0.39, 0.29) is 29.7 Å². The third kappa shape index (κ3) is 4.66. The molecule has 36 heavy (non-hydrogen) atoms. The lowest BCUT2D eigenvalue weighted by Crippen LogP contribution is -2.52. The number of Topliss-reactive ketones (excluding diaryl/α,β-unsaturated/α-hetero) is 1. The number of anilines is 3. The highest BCUT2D eigenvalue weighted by atomic mass is 16.5. The van der Waals surface area contributed by atoms with Crippen LogP contribution in [0.3, 0.4) is 0 Å². The summed E-state index contributed by atoms with van der Waals surface area (Å²) < 4.78 is 5.26. The van der Waals surface area contributed by atoms with Crippen molar-refractivity contribution >= 4 is 28.8 Å². The molecular formula is C29H36N4O3. The zero-order valence-corrected chi connectivity index (χ0v) is 21.7. The molecule has 1 N–H and O–H groups in total. The SMILES string of the molecule is COc1ccc(N2CCN(C(=O)CN3c4ccccc4NC4=C(C(=O)CC(C)(C)C4)C3C)CC2)cc1. The number of methoxy groups -OCH3 is 1. The number of ether oxygens (including phenoxy) is 1. The summed E-state index contributed by atoms with van der Waals surface area (Å²) in [7, 11) is 1.67. The highest BCUT2D eigenvalue weighted by Gasteiger charge is 2.39. The van der Waals surface area contributed by atoms with Crippen molar-refractivity contribution < 1.29 is 14.3 Å². The monoisotopic (exact) mass is 488 g/mol. The molecule has 190 valence electrons. The Morgan fingerprint density at radius 2 is 1.72 bits per heavy atom. The van der Waals surface area contributed by atoms with Crippen LogP contribution in [0.1, 0.15) is 33.6 Å². The van der Waals surface area contributed by atoms with Crippen molar-refractivity contribution in [2.75, 3.05) is 55.0 Å². The normalized spacial score (nSPS) is 21.4. The zero-order chi connectivity index (χ0) is 25.4. The van der Waals surface area contributed by atoms with Crippen molar-refractivity contribution in [2.24, 2.45) is 5.41 Å². The van der Waals surface area contributed by atoms with Crippen molar-refractivity contribution in [3.63, 3.8) is 0 Å². The molecule has 0 spiro atoms. The van der Waals surface area contributed by atoms with Crippen LogP contribution >= 0.6 is 0 Å². The van der Waals surface area contributed by atoms with E-state index < -0.39 is 0 Å². The number of para-hydroxylation sites is 2. The number of allylic oxidation sites excluding steroid dienone is 1. The average Bonchev–Trinajstić information content (AvgIpc) is 2.97. The van der Waals surface area contributed by atoms with Gasteiger partial charge in [-0.2, -0.15) is 0 Å². The molecule has 1 unspecified atom stereocenters. The number of hydrogen-bond donors (Lipinski definition) is 1. The largest absolute Gasteiger partial charge is 0.497 e. The van der Waals surface area contributed by atoms with E-state index in [9.17, 15) is 9.59 Å². The van der Waals surface area contributed by atoms with Crippen LogP contribution in [0.25, 0.3) is 0 Å². The number of carbonyl (C=O) groups is 2. The molecule has 1 saturated heterocycles. The Bertz CT molecular complexity index is 1180. The van der Waals surface area contributed by atoms with Gasteiger partial charge in [0, 0.05) is 49.6 Å². The maximum atomic E-state index is 13.5. The predicted octanol–water partition coefficient (Wildman–Crippen LogP) is 4.31. The summed E-state index contributed by atoms with van der Waals surface area (Å²) in [4.78, 5) is 33.2. The third-order valence-corrected chi connectivity index (χ3v) is 7.68. The Balaban J connectivity index is 1.33. The topological polar surface area (TPSA) is 65.1 Å². The molecule has 1 atom stereocenters. The molecule has 0 saturated carbocycles. The van der Waals surface area contributed by atoms with Gasteiger partial charge in [-0.3, -0.25) is 9.59 Å². The number of benzene rings is 2. The molecule has 0 radical (unpaired) electrons. The predicted molar refractivity (Wildman–Crippen MR) is 144 cm³/mol. The smallest absolute Gasteiger partial charge is 0.242 e. The molecule has 7 heteroatoms. The molecule has 1 fully saturated rings. The first kappa shape index (κ1) is 24.2. The Hall–Kier alpha value is -3.48. The van der Waals surface area contributed by atoms with Crippen molar-refractivity contribution in [2.45, 2.75) is 39.7 Å². The van der Waals surface area contributed by atoms with E-state index in [1.165, 1.54) is 0 Å². The van der Waals surface area contributed by atoms with Gasteiger partial charge in [-0.05, 0) is 55.2 Å². The van der Waals surface area contributed by atoms with E-state index >= 15 is 0 Å². The first-order chi connectivity index (χ1) is 17.3. The van der Waals surface area contributed by atoms with Crippen LogP contribution < -0.4 is 19.9 Å². The summed E-state index contributed by atoms with van der Waals surface area (Å²) in [6.45, 7) is 9.51. The van der Waals surface area contributed by atoms with Gasteiger partial charge in [-0.25, -0.2) is 0 Å².